The highest BCUT2D eigenvalue weighted by Crippen LogP contribution is 2.15. The number of hydrogen-bond acceptors (Lipinski definition) is 2. The van der Waals surface area contributed by atoms with Gasteiger partial charge in [-0.25, -0.2) is 0 Å². The Hall–Kier alpha value is -0.843. The van der Waals surface area contributed by atoms with Gasteiger partial charge in [0.25, 0.3) is 0 Å². The smallest absolute Gasteiger partial charge is 0.391 e. The number of alkyl halides is 2. The van der Waals surface area contributed by atoms with Crippen molar-refractivity contribution in [3.05, 3.63) is 59.7 Å². The molecule has 2 aromatic rings. The van der Waals surface area contributed by atoms with Crippen LogP contribution in [-0.4, -0.2) is 22.8 Å². The molecule has 112 valence electrons. The largest absolute Gasteiger partial charge is 0.407 e. The molecule has 0 aliphatic carbocycles. The van der Waals surface area contributed by atoms with Crippen molar-refractivity contribution < 1.29 is 8.85 Å². The predicted molar refractivity (Wildman–Crippen MR) is 91.0 cm³/mol. The maximum atomic E-state index is 6.10. The van der Waals surface area contributed by atoms with Gasteiger partial charge in [-0.15, -0.1) is 23.2 Å². The van der Waals surface area contributed by atoms with Crippen LogP contribution in [-0.2, 0) is 20.6 Å². The van der Waals surface area contributed by atoms with Crippen molar-refractivity contribution in [3.8, 4) is 0 Å². The summed E-state index contributed by atoms with van der Waals surface area (Å²) in [7, 11) is 0.577. The molecule has 21 heavy (non-hydrogen) atoms. The van der Waals surface area contributed by atoms with Crippen LogP contribution in [0.25, 0.3) is 0 Å². The van der Waals surface area contributed by atoms with Crippen molar-refractivity contribution in [2.24, 2.45) is 0 Å². The van der Waals surface area contributed by atoms with Crippen LogP contribution in [0.2, 0.25) is 0 Å². The molecule has 0 aromatic heterocycles. The van der Waals surface area contributed by atoms with Gasteiger partial charge in [-0.1, -0.05) is 48.5 Å². The molecule has 0 radical (unpaired) electrons. The summed E-state index contributed by atoms with van der Waals surface area (Å²) in [5.74, 6) is 0.835. The lowest BCUT2D eigenvalue weighted by Gasteiger charge is -2.31. The van der Waals surface area contributed by atoms with E-state index in [1.54, 1.807) is 14.2 Å². The first-order chi connectivity index (χ1) is 10.2. The fraction of sp³-hybridized carbons (Fsp3) is 0.250. The molecule has 0 N–H and O–H groups in total. The van der Waals surface area contributed by atoms with Gasteiger partial charge in [0, 0.05) is 36.4 Å². The third-order valence-electron chi connectivity index (χ3n) is 3.61. The molecule has 5 heteroatoms. The highest BCUT2D eigenvalue weighted by Gasteiger charge is 2.43. The highest BCUT2D eigenvalue weighted by atomic mass is 35.5. The van der Waals surface area contributed by atoms with Crippen LogP contribution < -0.4 is 10.4 Å². The van der Waals surface area contributed by atoms with Gasteiger partial charge in [0.05, 0.1) is 0 Å². The monoisotopic (exact) mass is 340 g/mol. The van der Waals surface area contributed by atoms with E-state index in [1.807, 2.05) is 48.5 Å². The van der Waals surface area contributed by atoms with Crippen molar-refractivity contribution in [1.82, 2.24) is 0 Å². The number of halogens is 2. The molecular weight excluding hydrogens is 323 g/mol. The third kappa shape index (κ3) is 3.03. The molecular formula is C16H18Cl2O2Si. The Morgan fingerprint density at radius 3 is 1.48 bits per heavy atom. The minimum Gasteiger partial charge on any atom is -0.391 e. The van der Waals surface area contributed by atoms with Gasteiger partial charge in [0.1, 0.15) is 0 Å². The lowest BCUT2D eigenvalue weighted by Crippen LogP contribution is -2.64. The number of hydrogen-bond donors (Lipinski definition) is 0. The van der Waals surface area contributed by atoms with Crippen LogP contribution in [0.1, 0.15) is 11.1 Å². The van der Waals surface area contributed by atoms with Gasteiger partial charge >= 0.3 is 8.56 Å². The van der Waals surface area contributed by atoms with Crippen LogP contribution >= 0.6 is 23.2 Å². The van der Waals surface area contributed by atoms with Gasteiger partial charge in [-0.05, 0) is 11.1 Å². The second kappa shape index (κ2) is 7.43. The van der Waals surface area contributed by atoms with E-state index in [0.29, 0.717) is 11.8 Å². The van der Waals surface area contributed by atoms with Gasteiger partial charge in [0.2, 0.25) is 0 Å². The first-order valence-corrected chi connectivity index (χ1v) is 9.51. The van der Waals surface area contributed by atoms with Gasteiger partial charge in [-0.2, -0.15) is 0 Å². The van der Waals surface area contributed by atoms with E-state index in [2.05, 4.69) is 0 Å². The third-order valence-corrected chi connectivity index (χ3v) is 7.73. The summed E-state index contributed by atoms with van der Waals surface area (Å²) in [6, 6.07) is 16.0. The molecule has 0 amide bonds. The summed E-state index contributed by atoms with van der Waals surface area (Å²) in [6.45, 7) is 0. The van der Waals surface area contributed by atoms with E-state index in [9.17, 15) is 0 Å². The van der Waals surface area contributed by atoms with Gasteiger partial charge in [-0.3, -0.25) is 0 Å². The van der Waals surface area contributed by atoms with Crippen molar-refractivity contribution in [1.29, 1.82) is 0 Å². The molecule has 0 aliphatic heterocycles. The predicted octanol–water partition coefficient (Wildman–Crippen LogP) is 3.01. The van der Waals surface area contributed by atoms with E-state index in [1.165, 1.54) is 0 Å². The van der Waals surface area contributed by atoms with E-state index < -0.39 is 8.56 Å². The Labute approximate surface area is 136 Å². The summed E-state index contributed by atoms with van der Waals surface area (Å²) in [6.07, 6.45) is 0. The first kappa shape index (κ1) is 16.5. The SMILES string of the molecule is CO[Si](OC)(c1ccccc1CCl)c1ccccc1CCl. The zero-order valence-corrected chi connectivity index (χ0v) is 14.6. The molecule has 0 bridgehead atoms. The second-order valence-electron chi connectivity index (χ2n) is 4.61. The zero-order valence-electron chi connectivity index (χ0n) is 12.1. The number of benzene rings is 2. The fourth-order valence-electron chi connectivity index (χ4n) is 2.58. The summed E-state index contributed by atoms with van der Waals surface area (Å²) >= 11 is 12.2. The molecule has 2 aromatic carbocycles. The van der Waals surface area contributed by atoms with Crippen LogP contribution in [0.4, 0.5) is 0 Å². The van der Waals surface area contributed by atoms with E-state index >= 15 is 0 Å². The molecule has 0 unspecified atom stereocenters. The highest BCUT2D eigenvalue weighted by molar-refractivity contribution is 6.93. The molecule has 0 saturated heterocycles. The standard InChI is InChI=1S/C16H18Cl2O2Si/c1-19-21(20-2,15-9-5-3-7-13(15)11-17)16-10-6-4-8-14(16)12-18/h3-10H,11-12H2,1-2H3. The van der Waals surface area contributed by atoms with E-state index in [0.717, 1.165) is 21.5 Å². The van der Waals surface area contributed by atoms with Gasteiger partial charge in [0.15, 0.2) is 0 Å². The summed E-state index contributed by atoms with van der Waals surface area (Å²) in [4.78, 5) is 0. The average Bonchev–Trinajstić information content (AvgIpc) is 2.57. The Morgan fingerprint density at radius 1 is 0.762 bits per heavy atom. The normalized spacial score (nSPS) is 11.6. The fourth-order valence-corrected chi connectivity index (χ4v) is 6.43. The Balaban J connectivity index is 2.71. The van der Waals surface area contributed by atoms with Crippen molar-refractivity contribution in [2.45, 2.75) is 11.8 Å². The lowest BCUT2D eigenvalue weighted by atomic mass is 10.2. The van der Waals surface area contributed by atoms with Crippen LogP contribution in [0, 0.1) is 0 Å². The Bertz CT molecular complexity index is 551. The maximum absolute atomic E-state index is 6.10. The lowest BCUT2D eigenvalue weighted by molar-refractivity contribution is 0.272. The molecule has 2 rings (SSSR count). The minimum atomic E-state index is -2.80. The Kier molecular flexibility index (Phi) is 5.85. The van der Waals surface area contributed by atoms with E-state index in [4.69, 9.17) is 32.1 Å². The second-order valence-corrected chi connectivity index (χ2v) is 8.27. The molecule has 0 fully saturated rings. The topological polar surface area (TPSA) is 18.5 Å². The molecule has 0 spiro atoms. The van der Waals surface area contributed by atoms with Crippen molar-refractivity contribution >= 4 is 42.1 Å². The maximum Gasteiger partial charge on any atom is 0.407 e. The molecule has 0 heterocycles. The average molecular weight is 341 g/mol. The Morgan fingerprint density at radius 2 is 1.14 bits per heavy atom. The van der Waals surface area contributed by atoms with Gasteiger partial charge < -0.3 is 8.85 Å². The minimum absolute atomic E-state index is 0.417. The quantitative estimate of drug-likeness (QED) is 0.594. The first-order valence-electron chi connectivity index (χ1n) is 6.62. The summed E-state index contributed by atoms with van der Waals surface area (Å²) in [5.41, 5.74) is 2.05. The molecule has 0 aliphatic rings. The zero-order chi connectivity index (χ0) is 15.3. The summed E-state index contributed by atoms with van der Waals surface area (Å²) < 4.78 is 11.9. The van der Waals surface area contributed by atoms with Crippen LogP contribution in [0.15, 0.2) is 48.5 Å². The summed E-state index contributed by atoms with van der Waals surface area (Å²) in [5, 5.41) is 2.06. The van der Waals surface area contributed by atoms with Crippen molar-refractivity contribution in [2.75, 3.05) is 14.2 Å². The van der Waals surface area contributed by atoms with Crippen LogP contribution in [0.3, 0.4) is 0 Å². The number of rotatable bonds is 6. The molecule has 0 atom stereocenters. The molecule has 2 nitrogen and oxygen atoms in total. The van der Waals surface area contributed by atoms with Crippen LogP contribution in [0.5, 0.6) is 0 Å². The van der Waals surface area contributed by atoms with Crippen molar-refractivity contribution in [3.63, 3.8) is 0 Å². The van der Waals surface area contributed by atoms with E-state index in [-0.39, 0.29) is 0 Å². The molecule has 0 saturated carbocycles.